The maximum atomic E-state index is 12.0. The van der Waals surface area contributed by atoms with Crippen molar-refractivity contribution in [2.45, 2.75) is 25.2 Å². The van der Waals surface area contributed by atoms with Crippen molar-refractivity contribution in [3.8, 4) is 11.4 Å². The Morgan fingerprint density at radius 3 is 2.70 bits per heavy atom. The number of carbonyl (C=O) groups is 1. The number of nitrogens with two attached hydrogens (primary N) is 1. The zero-order valence-electron chi connectivity index (χ0n) is 12.2. The van der Waals surface area contributed by atoms with E-state index in [0.29, 0.717) is 22.9 Å². The van der Waals surface area contributed by atoms with Crippen molar-refractivity contribution in [1.29, 1.82) is 0 Å². The number of rotatable bonds is 4. The molecule has 2 aliphatic rings. The van der Waals surface area contributed by atoms with Crippen LogP contribution in [0.5, 0.6) is 0 Å². The van der Waals surface area contributed by atoms with Crippen LogP contribution in [0.2, 0.25) is 0 Å². The molecule has 0 radical (unpaired) electrons. The number of aromatic nitrogens is 4. The van der Waals surface area contributed by atoms with Gasteiger partial charge in [0, 0.05) is 11.8 Å². The molecular formula is C15H15N5O3. The molecule has 2 aromatic heterocycles. The number of nitrogens with one attached hydrogen (secondary N) is 2. The highest BCUT2D eigenvalue weighted by Crippen LogP contribution is 2.58. The predicted molar refractivity (Wildman–Crippen MR) is 80.8 cm³/mol. The smallest absolute Gasteiger partial charge is 0.279 e. The molecule has 0 aromatic carbocycles. The highest BCUT2D eigenvalue weighted by atomic mass is 16.2. The molecule has 2 fully saturated rings. The maximum Gasteiger partial charge on any atom is 0.279 e. The van der Waals surface area contributed by atoms with Crippen LogP contribution < -0.4 is 16.9 Å². The van der Waals surface area contributed by atoms with Gasteiger partial charge in [0.05, 0.1) is 0 Å². The Labute approximate surface area is 130 Å². The van der Waals surface area contributed by atoms with Crippen molar-refractivity contribution in [2.24, 2.45) is 17.6 Å². The number of amides is 1. The third-order valence-corrected chi connectivity index (χ3v) is 4.58. The molecule has 0 bridgehead atoms. The van der Waals surface area contributed by atoms with Crippen LogP contribution in [-0.4, -0.2) is 26.1 Å². The van der Waals surface area contributed by atoms with E-state index in [1.807, 2.05) is 0 Å². The number of H-pyrrole nitrogens is 2. The van der Waals surface area contributed by atoms with Crippen LogP contribution >= 0.6 is 0 Å². The van der Waals surface area contributed by atoms with Crippen LogP contribution in [0.15, 0.2) is 21.9 Å². The summed E-state index contributed by atoms with van der Waals surface area (Å²) in [6.45, 7) is 0. The van der Waals surface area contributed by atoms with Crippen molar-refractivity contribution in [1.82, 2.24) is 20.2 Å². The molecule has 2 aliphatic carbocycles. The second-order valence-corrected chi connectivity index (χ2v) is 6.21. The normalized spacial score (nSPS) is 22.8. The molecule has 2 heterocycles. The number of nitrogens with zero attached hydrogens (tertiary/aromatic N) is 2. The third kappa shape index (κ3) is 2.45. The SMILES string of the molecule is NC(=O)c1nc(-c2cc(C3CC3C3CC3)c(=O)[nH]n2)c[nH]c1=O. The number of carbonyl (C=O) groups excluding carboxylic acids is 1. The van der Waals surface area contributed by atoms with Gasteiger partial charge in [-0.05, 0) is 43.1 Å². The lowest BCUT2D eigenvalue weighted by molar-refractivity contribution is 0.0994. The molecule has 118 valence electrons. The zero-order valence-corrected chi connectivity index (χ0v) is 12.2. The Morgan fingerprint density at radius 2 is 2.00 bits per heavy atom. The standard InChI is InChI=1S/C15H15N5O3/c16-13(21)12-15(23)17-5-11(18-12)10-4-9(14(22)20-19-10)8-3-7(8)6-1-2-6/h4-8H,1-3H2,(H2,16,21)(H,17,23)(H,20,22). The first kappa shape index (κ1) is 13.9. The predicted octanol–water partition coefficient (Wildman–Crippen LogP) is 0.133. The number of primary amides is 1. The molecule has 8 heteroatoms. The van der Waals surface area contributed by atoms with Gasteiger partial charge in [0.15, 0.2) is 5.69 Å². The third-order valence-electron chi connectivity index (χ3n) is 4.58. The Bertz CT molecular complexity index is 912. The van der Waals surface area contributed by atoms with E-state index in [2.05, 4.69) is 20.2 Å². The Hall–Kier alpha value is -2.77. The largest absolute Gasteiger partial charge is 0.364 e. The van der Waals surface area contributed by atoms with Crippen molar-refractivity contribution in [2.75, 3.05) is 0 Å². The summed E-state index contributed by atoms with van der Waals surface area (Å²) >= 11 is 0. The fourth-order valence-corrected chi connectivity index (χ4v) is 3.15. The summed E-state index contributed by atoms with van der Waals surface area (Å²) in [6.07, 6.45) is 4.88. The first-order chi connectivity index (χ1) is 11.0. The molecule has 2 aromatic rings. The van der Waals surface area contributed by atoms with Crippen LogP contribution in [-0.2, 0) is 0 Å². The second kappa shape index (κ2) is 4.87. The molecule has 0 spiro atoms. The minimum Gasteiger partial charge on any atom is -0.364 e. The van der Waals surface area contributed by atoms with Gasteiger partial charge in [-0.25, -0.2) is 10.1 Å². The van der Waals surface area contributed by atoms with Crippen LogP contribution in [0, 0.1) is 11.8 Å². The van der Waals surface area contributed by atoms with Crippen LogP contribution in [0.4, 0.5) is 0 Å². The van der Waals surface area contributed by atoms with Crippen molar-refractivity contribution >= 4 is 5.91 Å². The van der Waals surface area contributed by atoms with Crippen LogP contribution in [0.25, 0.3) is 11.4 Å². The molecule has 0 aliphatic heterocycles. The summed E-state index contributed by atoms with van der Waals surface area (Å²) in [5.41, 5.74) is 5.30. The van der Waals surface area contributed by atoms with Crippen LogP contribution in [0.1, 0.15) is 41.2 Å². The van der Waals surface area contributed by atoms with E-state index in [1.165, 1.54) is 19.0 Å². The molecule has 8 nitrogen and oxygen atoms in total. The van der Waals surface area contributed by atoms with Gasteiger partial charge in [0.1, 0.15) is 11.4 Å². The van der Waals surface area contributed by atoms with E-state index < -0.39 is 11.5 Å². The highest BCUT2D eigenvalue weighted by Gasteiger charge is 2.49. The summed E-state index contributed by atoms with van der Waals surface area (Å²) in [5, 5.41) is 6.44. The van der Waals surface area contributed by atoms with Crippen molar-refractivity contribution in [3.63, 3.8) is 0 Å². The first-order valence-electron chi connectivity index (χ1n) is 7.54. The van der Waals surface area contributed by atoms with E-state index in [0.717, 1.165) is 12.3 Å². The monoisotopic (exact) mass is 313 g/mol. The van der Waals surface area contributed by atoms with Gasteiger partial charge in [0.2, 0.25) is 0 Å². The summed E-state index contributed by atoms with van der Waals surface area (Å²) in [6, 6.07) is 1.69. The van der Waals surface area contributed by atoms with E-state index in [4.69, 9.17) is 5.73 Å². The highest BCUT2D eigenvalue weighted by molar-refractivity contribution is 5.90. The number of hydrogen-bond acceptors (Lipinski definition) is 5. The maximum absolute atomic E-state index is 12.0. The quantitative estimate of drug-likeness (QED) is 0.737. The average Bonchev–Trinajstić information content (AvgIpc) is 3.40. The molecule has 2 saturated carbocycles. The zero-order chi connectivity index (χ0) is 16.1. The molecular weight excluding hydrogens is 298 g/mol. The number of hydrogen-bond donors (Lipinski definition) is 3. The van der Waals surface area contributed by atoms with Crippen molar-refractivity contribution in [3.05, 3.63) is 44.2 Å². The van der Waals surface area contributed by atoms with Gasteiger partial charge in [-0.2, -0.15) is 5.10 Å². The molecule has 1 amide bonds. The van der Waals surface area contributed by atoms with Gasteiger partial charge in [-0.1, -0.05) is 0 Å². The lowest BCUT2D eigenvalue weighted by Gasteiger charge is -2.04. The molecule has 2 unspecified atom stereocenters. The Balaban J connectivity index is 1.72. The van der Waals surface area contributed by atoms with Gasteiger partial charge in [0.25, 0.3) is 17.0 Å². The lowest BCUT2D eigenvalue weighted by Crippen LogP contribution is -2.25. The van der Waals surface area contributed by atoms with Gasteiger partial charge in [-0.3, -0.25) is 14.4 Å². The van der Waals surface area contributed by atoms with E-state index in [1.54, 1.807) is 6.07 Å². The summed E-state index contributed by atoms with van der Waals surface area (Å²) in [7, 11) is 0. The Morgan fingerprint density at radius 1 is 1.22 bits per heavy atom. The van der Waals surface area contributed by atoms with E-state index in [-0.39, 0.29) is 17.2 Å². The molecule has 23 heavy (non-hydrogen) atoms. The number of aromatic amines is 2. The Kier molecular flexibility index (Phi) is 2.93. The van der Waals surface area contributed by atoms with Gasteiger partial charge >= 0.3 is 0 Å². The minimum absolute atomic E-state index is 0.193. The van der Waals surface area contributed by atoms with Crippen LogP contribution in [0.3, 0.4) is 0 Å². The van der Waals surface area contributed by atoms with E-state index >= 15 is 0 Å². The summed E-state index contributed by atoms with van der Waals surface area (Å²) < 4.78 is 0. The minimum atomic E-state index is -0.909. The molecule has 0 saturated heterocycles. The van der Waals surface area contributed by atoms with Gasteiger partial charge < -0.3 is 10.7 Å². The van der Waals surface area contributed by atoms with Crippen molar-refractivity contribution < 1.29 is 4.79 Å². The lowest BCUT2D eigenvalue weighted by atomic mass is 10.1. The average molecular weight is 313 g/mol. The summed E-state index contributed by atoms with van der Waals surface area (Å²) in [5.74, 6) is 0.708. The first-order valence-corrected chi connectivity index (χ1v) is 7.54. The fraction of sp³-hybridized carbons (Fsp3) is 0.400. The molecule has 4 rings (SSSR count). The second-order valence-electron chi connectivity index (χ2n) is 6.21. The van der Waals surface area contributed by atoms with E-state index in [9.17, 15) is 14.4 Å². The fourth-order valence-electron chi connectivity index (χ4n) is 3.15. The molecule has 2 atom stereocenters. The topological polar surface area (TPSA) is 135 Å². The molecule has 4 N–H and O–H groups in total. The van der Waals surface area contributed by atoms with Gasteiger partial charge in [-0.15, -0.1) is 0 Å². The summed E-state index contributed by atoms with van der Waals surface area (Å²) in [4.78, 5) is 41.1.